The van der Waals surface area contributed by atoms with Gasteiger partial charge in [0.1, 0.15) is 5.82 Å². The Morgan fingerprint density at radius 3 is 2.72 bits per heavy atom. The van der Waals surface area contributed by atoms with Crippen LogP contribution in [0.1, 0.15) is 18.7 Å². The highest BCUT2D eigenvalue weighted by Gasteiger charge is 2.22. The molecule has 0 spiro atoms. The molecule has 1 aromatic heterocycles. The van der Waals surface area contributed by atoms with E-state index in [-0.39, 0.29) is 36.8 Å². The lowest BCUT2D eigenvalue weighted by molar-refractivity contribution is -0.117. The van der Waals surface area contributed by atoms with Crippen molar-refractivity contribution in [1.29, 1.82) is 0 Å². The first-order valence-electron chi connectivity index (χ1n) is 8.08. The van der Waals surface area contributed by atoms with E-state index in [1.54, 1.807) is 11.8 Å². The van der Waals surface area contributed by atoms with Gasteiger partial charge in [0.05, 0.1) is 11.7 Å². The Kier molecular flexibility index (Phi) is 7.19. The SMILES string of the molecule is Cl.Cl.O=C(Nc1ccc(-c2cn3c(n2)CCCC3)cc1)C1CSCN1. The van der Waals surface area contributed by atoms with Crippen LogP contribution < -0.4 is 10.6 Å². The molecule has 2 aliphatic heterocycles. The number of nitrogens with one attached hydrogen (secondary N) is 2. The molecule has 0 radical (unpaired) electrons. The number of amides is 1. The molecular weight excluding hydrogens is 379 g/mol. The van der Waals surface area contributed by atoms with Crippen molar-refractivity contribution in [1.82, 2.24) is 14.9 Å². The van der Waals surface area contributed by atoms with Crippen LogP contribution >= 0.6 is 36.6 Å². The lowest BCUT2D eigenvalue weighted by atomic mass is 10.1. The van der Waals surface area contributed by atoms with Gasteiger partial charge in [-0.15, -0.1) is 36.6 Å². The second kappa shape index (κ2) is 8.94. The maximum Gasteiger partial charge on any atom is 0.242 e. The fourth-order valence-electron chi connectivity index (χ4n) is 3.07. The third-order valence-corrected chi connectivity index (χ3v) is 5.33. The number of benzene rings is 1. The van der Waals surface area contributed by atoms with Gasteiger partial charge in [-0.3, -0.25) is 10.1 Å². The molecule has 2 aliphatic rings. The number of aryl methyl sites for hydroxylation is 2. The van der Waals surface area contributed by atoms with Crippen LogP contribution in [0.2, 0.25) is 0 Å². The van der Waals surface area contributed by atoms with E-state index in [1.165, 1.54) is 18.7 Å². The summed E-state index contributed by atoms with van der Waals surface area (Å²) in [5.41, 5.74) is 2.95. The Bertz CT molecular complexity index is 690. The molecule has 5 nitrogen and oxygen atoms in total. The second-order valence-electron chi connectivity index (χ2n) is 6.03. The van der Waals surface area contributed by atoms with Gasteiger partial charge in [-0.05, 0) is 25.0 Å². The minimum Gasteiger partial charge on any atom is -0.334 e. The number of anilines is 1. The van der Waals surface area contributed by atoms with Gasteiger partial charge in [-0.25, -0.2) is 4.98 Å². The van der Waals surface area contributed by atoms with Crippen molar-refractivity contribution in [3.63, 3.8) is 0 Å². The smallest absolute Gasteiger partial charge is 0.242 e. The van der Waals surface area contributed by atoms with E-state index in [0.29, 0.717) is 0 Å². The Morgan fingerprint density at radius 2 is 2.04 bits per heavy atom. The monoisotopic (exact) mass is 400 g/mol. The zero-order valence-corrected chi connectivity index (χ0v) is 16.2. The van der Waals surface area contributed by atoms with Crippen molar-refractivity contribution in [2.45, 2.75) is 31.8 Å². The zero-order chi connectivity index (χ0) is 15.6. The van der Waals surface area contributed by atoms with E-state index < -0.39 is 0 Å². The Balaban J connectivity index is 0.00000113. The van der Waals surface area contributed by atoms with Crippen LogP contribution in [0, 0.1) is 0 Å². The lowest BCUT2D eigenvalue weighted by Crippen LogP contribution is -2.37. The highest BCUT2D eigenvalue weighted by molar-refractivity contribution is 7.99. The van der Waals surface area contributed by atoms with Crippen LogP contribution in [0.3, 0.4) is 0 Å². The molecule has 4 rings (SSSR count). The van der Waals surface area contributed by atoms with Crippen molar-refractivity contribution in [2.24, 2.45) is 0 Å². The van der Waals surface area contributed by atoms with Gasteiger partial charge in [-0.2, -0.15) is 0 Å². The molecular formula is C17H22Cl2N4OS. The van der Waals surface area contributed by atoms with Crippen LogP contribution in [0.4, 0.5) is 5.69 Å². The maximum atomic E-state index is 12.1. The molecule has 1 unspecified atom stereocenters. The first kappa shape index (κ1) is 20.1. The molecule has 1 amide bonds. The molecule has 1 atom stereocenters. The Hall–Kier alpha value is -1.21. The standard InChI is InChI=1S/C17H20N4OS.2ClH/c22-17(15-10-23-11-18-15)19-13-6-4-12(5-7-13)14-9-21-8-2-1-3-16(21)20-14;;/h4-7,9,15,18H,1-3,8,10-11H2,(H,19,22);2*1H. The van der Waals surface area contributed by atoms with Crippen molar-refractivity contribution in [3.8, 4) is 11.3 Å². The first-order chi connectivity index (χ1) is 11.3. The number of halogens is 2. The largest absolute Gasteiger partial charge is 0.334 e. The maximum absolute atomic E-state index is 12.1. The number of carbonyl (C=O) groups excluding carboxylic acids is 1. The third kappa shape index (κ3) is 4.50. The third-order valence-electron chi connectivity index (χ3n) is 4.39. The number of rotatable bonds is 3. The number of carbonyl (C=O) groups is 1. The number of hydrogen-bond acceptors (Lipinski definition) is 4. The predicted octanol–water partition coefficient (Wildman–Crippen LogP) is 3.33. The fraction of sp³-hybridized carbons (Fsp3) is 0.412. The second-order valence-corrected chi connectivity index (χ2v) is 7.06. The van der Waals surface area contributed by atoms with Crippen molar-refractivity contribution in [3.05, 3.63) is 36.3 Å². The molecule has 0 saturated carbocycles. The van der Waals surface area contributed by atoms with Gasteiger partial charge < -0.3 is 9.88 Å². The summed E-state index contributed by atoms with van der Waals surface area (Å²) in [6.07, 6.45) is 5.68. The topological polar surface area (TPSA) is 59.0 Å². The minimum absolute atomic E-state index is 0. The van der Waals surface area contributed by atoms with Gasteiger partial charge in [0, 0.05) is 42.0 Å². The molecule has 136 valence electrons. The highest BCUT2D eigenvalue weighted by Crippen LogP contribution is 2.24. The average molecular weight is 401 g/mol. The minimum atomic E-state index is -0.0838. The zero-order valence-electron chi connectivity index (χ0n) is 13.7. The Morgan fingerprint density at radius 1 is 1.24 bits per heavy atom. The number of fused-ring (bicyclic) bond motifs is 1. The normalized spacial score (nSPS) is 18.6. The summed E-state index contributed by atoms with van der Waals surface area (Å²) in [5, 5.41) is 6.15. The summed E-state index contributed by atoms with van der Waals surface area (Å²) in [7, 11) is 0. The van der Waals surface area contributed by atoms with Crippen molar-refractivity contribution < 1.29 is 4.79 Å². The molecule has 1 saturated heterocycles. The van der Waals surface area contributed by atoms with Crippen LogP contribution in [0.15, 0.2) is 30.5 Å². The molecule has 3 heterocycles. The van der Waals surface area contributed by atoms with Crippen molar-refractivity contribution >= 4 is 48.2 Å². The molecule has 25 heavy (non-hydrogen) atoms. The predicted molar refractivity (Wildman–Crippen MR) is 108 cm³/mol. The summed E-state index contributed by atoms with van der Waals surface area (Å²) in [4.78, 5) is 16.8. The Labute approximate surface area is 164 Å². The average Bonchev–Trinajstić information content (AvgIpc) is 3.25. The van der Waals surface area contributed by atoms with Crippen LogP contribution in [-0.2, 0) is 17.8 Å². The van der Waals surface area contributed by atoms with Gasteiger partial charge in [0.2, 0.25) is 5.91 Å². The van der Waals surface area contributed by atoms with Gasteiger partial charge >= 0.3 is 0 Å². The molecule has 1 aromatic carbocycles. The first-order valence-corrected chi connectivity index (χ1v) is 9.23. The summed E-state index contributed by atoms with van der Waals surface area (Å²) in [6.45, 7) is 1.07. The van der Waals surface area contributed by atoms with E-state index >= 15 is 0 Å². The van der Waals surface area contributed by atoms with Gasteiger partial charge in [-0.1, -0.05) is 12.1 Å². The number of hydrogen-bond donors (Lipinski definition) is 2. The molecule has 0 bridgehead atoms. The van der Waals surface area contributed by atoms with E-state index in [4.69, 9.17) is 4.98 Å². The number of aromatic nitrogens is 2. The molecule has 8 heteroatoms. The molecule has 1 fully saturated rings. The van der Waals surface area contributed by atoms with Crippen LogP contribution in [0.25, 0.3) is 11.3 Å². The van der Waals surface area contributed by atoms with E-state index in [9.17, 15) is 4.79 Å². The summed E-state index contributed by atoms with van der Waals surface area (Å²) >= 11 is 1.75. The lowest BCUT2D eigenvalue weighted by Gasteiger charge is -2.11. The fourth-order valence-corrected chi connectivity index (χ4v) is 4.01. The van der Waals surface area contributed by atoms with E-state index in [2.05, 4.69) is 21.4 Å². The number of thioether (sulfide) groups is 1. The van der Waals surface area contributed by atoms with Crippen LogP contribution in [0.5, 0.6) is 0 Å². The van der Waals surface area contributed by atoms with E-state index in [1.807, 2.05) is 24.3 Å². The summed E-state index contributed by atoms with van der Waals surface area (Å²) in [6, 6.07) is 7.88. The van der Waals surface area contributed by atoms with E-state index in [0.717, 1.165) is 41.5 Å². The molecule has 2 N–H and O–H groups in total. The van der Waals surface area contributed by atoms with Crippen molar-refractivity contribution in [2.75, 3.05) is 16.9 Å². The van der Waals surface area contributed by atoms with Crippen LogP contribution in [-0.4, -0.2) is 33.1 Å². The molecule has 2 aromatic rings. The highest BCUT2D eigenvalue weighted by atomic mass is 35.5. The number of nitrogens with zero attached hydrogens (tertiary/aromatic N) is 2. The van der Waals surface area contributed by atoms with Gasteiger partial charge in [0.25, 0.3) is 0 Å². The summed E-state index contributed by atoms with van der Waals surface area (Å²) in [5.74, 6) is 2.92. The quantitative estimate of drug-likeness (QED) is 0.829. The molecule has 0 aliphatic carbocycles. The summed E-state index contributed by atoms with van der Waals surface area (Å²) < 4.78 is 2.26. The van der Waals surface area contributed by atoms with Gasteiger partial charge in [0.15, 0.2) is 0 Å². The number of imidazole rings is 1.